The van der Waals surface area contributed by atoms with Gasteiger partial charge in [-0.3, -0.25) is 4.79 Å². The number of ether oxygens (including phenoxy) is 3. The molecule has 3 rings (SSSR count). The van der Waals surface area contributed by atoms with E-state index in [1.54, 1.807) is 4.90 Å². The molecule has 1 saturated heterocycles. The number of benzene rings is 1. The van der Waals surface area contributed by atoms with Crippen LogP contribution in [0.1, 0.15) is 22.2 Å². The average Bonchev–Trinajstić information content (AvgIpc) is 3.15. The van der Waals surface area contributed by atoms with E-state index in [0.717, 1.165) is 5.56 Å². The van der Waals surface area contributed by atoms with E-state index in [2.05, 4.69) is 5.92 Å². The first-order valence-electron chi connectivity index (χ1n) is 8.52. The van der Waals surface area contributed by atoms with Crippen LogP contribution in [0.15, 0.2) is 35.7 Å². The van der Waals surface area contributed by atoms with Crippen LogP contribution in [0.3, 0.4) is 0 Å². The first-order chi connectivity index (χ1) is 12.7. The highest BCUT2D eigenvalue weighted by atomic mass is 32.1. The summed E-state index contributed by atoms with van der Waals surface area (Å²) in [6.07, 6.45) is 5.22. The molecule has 1 aliphatic heterocycles. The summed E-state index contributed by atoms with van der Waals surface area (Å²) in [7, 11) is 0. The van der Waals surface area contributed by atoms with Gasteiger partial charge < -0.3 is 19.1 Å². The molecule has 0 spiro atoms. The summed E-state index contributed by atoms with van der Waals surface area (Å²) in [5, 5.41) is 1.87. The summed E-state index contributed by atoms with van der Waals surface area (Å²) >= 11 is 1.40. The van der Waals surface area contributed by atoms with Gasteiger partial charge in [0.05, 0.1) is 19.8 Å². The molecule has 136 valence electrons. The van der Waals surface area contributed by atoms with Crippen LogP contribution < -0.4 is 9.47 Å². The zero-order valence-corrected chi connectivity index (χ0v) is 15.5. The Hall–Kier alpha value is -2.49. The van der Waals surface area contributed by atoms with Gasteiger partial charge in [-0.15, -0.1) is 17.8 Å². The molecule has 0 aliphatic carbocycles. The van der Waals surface area contributed by atoms with E-state index in [9.17, 15) is 4.79 Å². The fraction of sp³-hybridized carbons (Fsp3) is 0.350. The molecular formula is C20H21NO4S. The van der Waals surface area contributed by atoms with Crippen molar-refractivity contribution in [1.82, 2.24) is 4.90 Å². The van der Waals surface area contributed by atoms with Crippen molar-refractivity contribution in [3.8, 4) is 23.8 Å². The minimum atomic E-state index is -0.183. The molecule has 6 heteroatoms. The minimum absolute atomic E-state index is 0.0221. The maximum Gasteiger partial charge on any atom is 0.267 e. The molecule has 0 radical (unpaired) electrons. The fourth-order valence-corrected chi connectivity index (χ4v) is 3.54. The van der Waals surface area contributed by atoms with Crippen molar-refractivity contribution in [1.29, 1.82) is 0 Å². The van der Waals surface area contributed by atoms with Crippen LogP contribution in [0, 0.1) is 12.3 Å². The Balaban J connectivity index is 1.59. The smallest absolute Gasteiger partial charge is 0.267 e. The summed E-state index contributed by atoms with van der Waals surface area (Å²) in [5.41, 5.74) is 0.769. The third-order valence-corrected chi connectivity index (χ3v) is 4.87. The first kappa shape index (κ1) is 18.3. The molecule has 1 unspecified atom stereocenters. The predicted octanol–water partition coefficient (Wildman–Crippen LogP) is 3.05. The number of carbonyl (C=O) groups excluding carboxylic acids is 1. The molecule has 0 saturated carbocycles. The molecule has 1 atom stereocenters. The number of terminal acetylenes is 1. The van der Waals surface area contributed by atoms with Gasteiger partial charge in [0.15, 0.2) is 0 Å². The molecule has 0 N–H and O–H groups in total. The van der Waals surface area contributed by atoms with Crippen molar-refractivity contribution in [3.05, 3.63) is 46.2 Å². The quantitative estimate of drug-likeness (QED) is 0.733. The molecule has 1 aromatic carbocycles. The van der Waals surface area contributed by atoms with Crippen molar-refractivity contribution >= 4 is 17.2 Å². The molecule has 1 aromatic heterocycles. The number of amides is 1. The number of hydrogen-bond donors (Lipinski definition) is 0. The second-order valence-corrected chi connectivity index (χ2v) is 6.69. The summed E-state index contributed by atoms with van der Waals surface area (Å²) in [5.74, 6) is 3.91. The van der Waals surface area contributed by atoms with Crippen LogP contribution >= 0.6 is 11.3 Å². The van der Waals surface area contributed by atoms with E-state index in [4.69, 9.17) is 20.6 Å². The van der Waals surface area contributed by atoms with E-state index in [0.29, 0.717) is 49.3 Å². The van der Waals surface area contributed by atoms with Crippen LogP contribution in [0.25, 0.3) is 0 Å². The molecular weight excluding hydrogens is 350 g/mol. The summed E-state index contributed by atoms with van der Waals surface area (Å²) < 4.78 is 17.1. The highest BCUT2D eigenvalue weighted by Crippen LogP contribution is 2.27. The number of thiophene rings is 1. The van der Waals surface area contributed by atoms with Gasteiger partial charge in [0.25, 0.3) is 5.91 Å². The van der Waals surface area contributed by atoms with Gasteiger partial charge in [0.2, 0.25) is 0 Å². The Kier molecular flexibility index (Phi) is 6.16. The highest BCUT2D eigenvalue weighted by molar-refractivity contribution is 7.12. The monoisotopic (exact) mass is 371 g/mol. The standard InChI is InChI=1S/C20H21NO4S/c1-3-15-6-5-7-16(12-15)25-14-17-13-21(9-10-24-17)20(22)19-18(23-4-2)8-11-26-19/h1,5-8,11-12,17H,4,9-10,13-14H2,2H3. The van der Waals surface area contributed by atoms with Crippen LogP contribution in [0.5, 0.6) is 11.5 Å². The zero-order valence-electron chi connectivity index (χ0n) is 14.6. The lowest BCUT2D eigenvalue weighted by Gasteiger charge is -2.32. The Labute approximate surface area is 157 Å². The number of morpholine rings is 1. The van der Waals surface area contributed by atoms with Crippen molar-refractivity contribution in [3.63, 3.8) is 0 Å². The predicted molar refractivity (Wildman–Crippen MR) is 101 cm³/mol. The van der Waals surface area contributed by atoms with Crippen molar-refractivity contribution < 1.29 is 19.0 Å². The highest BCUT2D eigenvalue weighted by Gasteiger charge is 2.28. The SMILES string of the molecule is C#Cc1cccc(OCC2CN(C(=O)c3sccc3OCC)CCO2)c1. The van der Waals surface area contributed by atoms with Crippen molar-refractivity contribution in [2.45, 2.75) is 13.0 Å². The van der Waals surface area contributed by atoms with E-state index < -0.39 is 0 Å². The van der Waals surface area contributed by atoms with Crippen molar-refractivity contribution in [2.75, 3.05) is 32.9 Å². The maximum atomic E-state index is 12.8. The second-order valence-electron chi connectivity index (χ2n) is 5.77. The van der Waals surface area contributed by atoms with Gasteiger partial charge in [-0.1, -0.05) is 12.0 Å². The Morgan fingerprint density at radius 1 is 1.42 bits per heavy atom. The molecule has 26 heavy (non-hydrogen) atoms. The third-order valence-electron chi connectivity index (χ3n) is 3.99. The molecule has 2 heterocycles. The molecule has 1 amide bonds. The van der Waals surface area contributed by atoms with Crippen LogP contribution in [0.2, 0.25) is 0 Å². The Bertz CT molecular complexity index is 795. The number of rotatable bonds is 6. The summed E-state index contributed by atoms with van der Waals surface area (Å²) in [6.45, 7) is 4.33. The molecule has 2 aromatic rings. The largest absolute Gasteiger partial charge is 0.492 e. The van der Waals surface area contributed by atoms with E-state index in [-0.39, 0.29) is 12.0 Å². The van der Waals surface area contributed by atoms with Crippen LogP contribution in [-0.4, -0.2) is 49.8 Å². The lowest BCUT2D eigenvalue weighted by molar-refractivity contribution is -0.0400. The van der Waals surface area contributed by atoms with Crippen molar-refractivity contribution in [2.24, 2.45) is 0 Å². The second kappa shape index (κ2) is 8.75. The molecule has 1 fully saturated rings. The van der Waals surface area contributed by atoms with Crippen LogP contribution in [0.4, 0.5) is 0 Å². The average molecular weight is 371 g/mol. The minimum Gasteiger partial charge on any atom is -0.492 e. The topological polar surface area (TPSA) is 48.0 Å². The van der Waals surface area contributed by atoms with Gasteiger partial charge >= 0.3 is 0 Å². The fourth-order valence-electron chi connectivity index (χ4n) is 2.74. The van der Waals surface area contributed by atoms with Gasteiger partial charge in [-0.25, -0.2) is 0 Å². The zero-order chi connectivity index (χ0) is 18.4. The Morgan fingerprint density at radius 2 is 2.31 bits per heavy atom. The lowest BCUT2D eigenvalue weighted by atomic mass is 10.2. The first-order valence-corrected chi connectivity index (χ1v) is 9.40. The third kappa shape index (κ3) is 4.37. The van der Waals surface area contributed by atoms with E-state index >= 15 is 0 Å². The maximum absolute atomic E-state index is 12.8. The number of nitrogens with zero attached hydrogens (tertiary/aromatic N) is 1. The normalized spacial score (nSPS) is 16.8. The van der Waals surface area contributed by atoms with Gasteiger partial charge in [0.1, 0.15) is 29.1 Å². The van der Waals surface area contributed by atoms with Gasteiger partial charge in [-0.2, -0.15) is 0 Å². The van der Waals surface area contributed by atoms with E-state index in [1.165, 1.54) is 11.3 Å². The molecule has 1 aliphatic rings. The van der Waals surface area contributed by atoms with Gasteiger partial charge in [-0.05, 0) is 36.6 Å². The summed E-state index contributed by atoms with van der Waals surface area (Å²) in [4.78, 5) is 15.2. The number of hydrogen-bond acceptors (Lipinski definition) is 5. The lowest BCUT2D eigenvalue weighted by Crippen LogP contribution is -2.47. The van der Waals surface area contributed by atoms with Gasteiger partial charge in [0, 0.05) is 12.1 Å². The molecule has 0 bridgehead atoms. The summed E-state index contributed by atoms with van der Waals surface area (Å²) in [6, 6.07) is 9.20. The molecule has 5 nitrogen and oxygen atoms in total. The van der Waals surface area contributed by atoms with E-state index in [1.807, 2.05) is 42.6 Å². The van der Waals surface area contributed by atoms with Crippen LogP contribution in [-0.2, 0) is 4.74 Å². The number of carbonyl (C=O) groups is 1. The Morgan fingerprint density at radius 3 is 3.12 bits per heavy atom.